The molecule has 1 atom stereocenters. The second-order valence-corrected chi connectivity index (χ2v) is 7.35. The zero-order valence-electron chi connectivity index (χ0n) is 15.2. The van der Waals surface area contributed by atoms with E-state index in [1.54, 1.807) is 6.33 Å². The van der Waals surface area contributed by atoms with E-state index in [-0.39, 0.29) is 18.9 Å². The predicted octanol–water partition coefficient (Wildman–Crippen LogP) is 2.05. The van der Waals surface area contributed by atoms with Crippen LogP contribution >= 0.6 is 0 Å². The molecule has 27 heavy (non-hydrogen) atoms. The van der Waals surface area contributed by atoms with Crippen LogP contribution < -0.4 is 0 Å². The number of nitrogens with one attached hydrogen (secondary N) is 1. The number of carboxylic acid groups (broad SMARTS) is 1. The quantitative estimate of drug-likeness (QED) is 0.862. The standard InChI is InChI=1S/C20H24N4O3/c25-19(24-12-17-16(21-13-22-17)10-18(24)20(26)27)15-6-4-14(5-7-15)11-23-8-2-1-3-9-23/h4-7,13,18H,1-3,8-12H2,(H,21,22)(H,26,27)/t18-/m1/s1. The number of amides is 1. The number of fused-ring (bicyclic) bond motifs is 1. The fourth-order valence-electron chi connectivity index (χ4n) is 3.96. The second kappa shape index (κ2) is 7.52. The molecule has 142 valence electrons. The van der Waals surface area contributed by atoms with Crippen LogP contribution in [0.25, 0.3) is 0 Å². The molecule has 2 aromatic rings. The molecule has 0 saturated carbocycles. The van der Waals surface area contributed by atoms with E-state index in [4.69, 9.17) is 0 Å². The Kier molecular flexibility index (Phi) is 4.94. The molecule has 0 aliphatic carbocycles. The predicted molar refractivity (Wildman–Crippen MR) is 99.2 cm³/mol. The molecule has 4 rings (SSSR count). The van der Waals surface area contributed by atoms with Crippen LogP contribution in [-0.4, -0.2) is 55.9 Å². The Morgan fingerprint density at radius 1 is 1.15 bits per heavy atom. The molecule has 7 nitrogen and oxygen atoms in total. The second-order valence-electron chi connectivity index (χ2n) is 7.35. The lowest BCUT2D eigenvalue weighted by Gasteiger charge is -2.32. The van der Waals surface area contributed by atoms with Gasteiger partial charge in [0, 0.05) is 18.5 Å². The van der Waals surface area contributed by atoms with Gasteiger partial charge < -0.3 is 15.0 Å². The van der Waals surface area contributed by atoms with Crippen molar-refractivity contribution in [2.45, 2.75) is 44.8 Å². The average Bonchev–Trinajstić information content (AvgIpc) is 3.15. The number of likely N-dealkylation sites (tertiary alicyclic amines) is 1. The Morgan fingerprint density at radius 2 is 1.89 bits per heavy atom. The number of H-pyrrole nitrogens is 1. The molecule has 1 amide bonds. The van der Waals surface area contributed by atoms with Gasteiger partial charge in [0.15, 0.2) is 0 Å². The molecule has 0 spiro atoms. The molecule has 0 bridgehead atoms. The summed E-state index contributed by atoms with van der Waals surface area (Å²) >= 11 is 0. The number of carbonyl (C=O) groups is 2. The topological polar surface area (TPSA) is 89.5 Å². The summed E-state index contributed by atoms with van der Waals surface area (Å²) in [5.74, 6) is -1.26. The molecule has 2 aliphatic rings. The number of imidazole rings is 1. The van der Waals surface area contributed by atoms with Crippen molar-refractivity contribution >= 4 is 11.9 Å². The first-order valence-corrected chi connectivity index (χ1v) is 9.48. The Morgan fingerprint density at radius 3 is 2.59 bits per heavy atom. The maximum absolute atomic E-state index is 13.0. The molecular formula is C20H24N4O3. The van der Waals surface area contributed by atoms with E-state index in [9.17, 15) is 14.7 Å². The van der Waals surface area contributed by atoms with Gasteiger partial charge in [0.1, 0.15) is 6.04 Å². The van der Waals surface area contributed by atoms with Crippen LogP contribution in [0.2, 0.25) is 0 Å². The van der Waals surface area contributed by atoms with Gasteiger partial charge in [0.25, 0.3) is 5.91 Å². The minimum absolute atomic E-state index is 0.229. The normalized spacial score (nSPS) is 20.3. The molecule has 2 aliphatic heterocycles. The SMILES string of the molecule is O=C(O)[C@H]1Cc2nc[nH]c2CN1C(=O)c1ccc(CN2CCCCC2)cc1. The third-order valence-electron chi connectivity index (χ3n) is 5.50. The third-order valence-corrected chi connectivity index (χ3v) is 5.50. The highest BCUT2D eigenvalue weighted by atomic mass is 16.4. The van der Waals surface area contributed by atoms with E-state index in [2.05, 4.69) is 14.9 Å². The first kappa shape index (κ1) is 17.7. The summed E-state index contributed by atoms with van der Waals surface area (Å²) in [5.41, 5.74) is 3.23. The van der Waals surface area contributed by atoms with Crippen LogP contribution in [-0.2, 0) is 24.3 Å². The van der Waals surface area contributed by atoms with Crippen molar-refractivity contribution in [3.8, 4) is 0 Å². The molecule has 1 saturated heterocycles. The maximum atomic E-state index is 13.0. The molecule has 3 heterocycles. The number of piperidine rings is 1. The van der Waals surface area contributed by atoms with Gasteiger partial charge in [0.2, 0.25) is 0 Å². The smallest absolute Gasteiger partial charge is 0.326 e. The molecular weight excluding hydrogens is 344 g/mol. The summed E-state index contributed by atoms with van der Waals surface area (Å²) in [6, 6.07) is 6.68. The van der Waals surface area contributed by atoms with Crippen molar-refractivity contribution in [2.24, 2.45) is 0 Å². The molecule has 1 fully saturated rings. The summed E-state index contributed by atoms with van der Waals surface area (Å²) in [6.07, 6.45) is 5.58. The number of hydrogen-bond acceptors (Lipinski definition) is 4. The van der Waals surface area contributed by atoms with Crippen molar-refractivity contribution in [1.29, 1.82) is 0 Å². The van der Waals surface area contributed by atoms with Crippen LogP contribution in [0.3, 0.4) is 0 Å². The van der Waals surface area contributed by atoms with E-state index >= 15 is 0 Å². The van der Waals surface area contributed by atoms with Gasteiger partial charge in [0.05, 0.1) is 24.3 Å². The number of carbonyl (C=O) groups excluding carboxylic acids is 1. The molecule has 0 radical (unpaired) electrons. The lowest BCUT2D eigenvalue weighted by molar-refractivity contribution is -0.142. The molecule has 1 aromatic carbocycles. The van der Waals surface area contributed by atoms with Crippen molar-refractivity contribution in [2.75, 3.05) is 13.1 Å². The number of hydrogen-bond donors (Lipinski definition) is 2. The third kappa shape index (κ3) is 3.73. The van der Waals surface area contributed by atoms with E-state index in [1.807, 2.05) is 24.3 Å². The van der Waals surface area contributed by atoms with Gasteiger partial charge in [-0.25, -0.2) is 9.78 Å². The van der Waals surface area contributed by atoms with Gasteiger partial charge in [-0.2, -0.15) is 0 Å². The number of aromatic nitrogens is 2. The van der Waals surface area contributed by atoms with E-state index in [1.165, 1.54) is 29.7 Å². The first-order chi connectivity index (χ1) is 13.1. The number of carboxylic acids is 1. The molecule has 7 heteroatoms. The number of nitrogens with zero attached hydrogens (tertiary/aromatic N) is 3. The zero-order chi connectivity index (χ0) is 18.8. The van der Waals surface area contributed by atoms with E-state index < -0.39 is 12.0 Å². The zero-order valence-corrected chi connectivity index (χ0v) is 15.2. The molecule has 1 aromatic heterocycles. The van der Waals surface area contributed by atoms with Crippen molar-refractivity contribution < 1.29 is 14.7 Å². The van der Waals surface area contributed by atoms with Gasteiger partial charge >= 0.3 is 5.97 Å². The van der Waals surface area contributed by atoms with Crippen molar-refractivity contribution in [1.82, 2.24) is 19.8 Å². The Hall–Kier alpha value is -2.67. The highest BCUT2D eigenvalue weighted by molar-refractivity contribution is 5.97. The van der Waals surface area contributed by atoms with E-state index in [0.717, 1.165) is 31.0 Å². The van der Waals surface area contributed by atoms with Crippen LogP contribution in [0.5, 0.6) is 0 Å². The van der Waals surface area contributed by atoms with Crippen molar-refractivity contribution in [3.63, 3.8) is 0 Å². The summed E-state index contributed by atoms with van der Waals surface area (Å²) in [5, 5.41) is 9.56. The summed E-state index contributed by atoms with van der Waals surface area (Å²) in [4.78, 5) is 35.7. The first-order valence-electron chi connectivity index (χ1n) is 9.48. The monoisotopic (exact) mass is 368 g/mol. The molecule has 2 N–H and O–H groups in total. The fourth-order valence-corrected chi connectivity index (χ4v) is 3.96. The van der Waals surface area contributed by atoms with Crippen LogP contribution in [0.15, 0.2) is 30.6 Å². The minimum Gasteiger partial charge on any atom is -0.480 e. The lowest BCUT2D eigenvalue weighted by Crippen LogP contribution is -2.48. The maximum Gasteiger partial charge on any atom is 0.326 e. The highest BCUT2D eigenvalue weighted by Crippen LogP contribution is 2.23. The number of rotatable bonds is 4. The van der Waals surface area contributed by atoms with Gasteiger partial charge in [-0.05, 0) is 43.6 Å². The van der Waals surface area contributed by atoms with Gasteiger partial charge in [-0.3, -0.25) is 9.69 Å². The van der Waals surface area contributed by atoms with E-state index in [0.29, 0.717) is 5.56 Å². The van der Waals surface area contributed by atoms with Gasteiger partial charge in [-0.1, -0.05) is 18.6 Å². The minimum atomic E-state index is -1.00. The summed E-state index contributed by atoms with van der Waals surface area (Å²) in [6.45, 7) is 3.39. The Balaban J connectivity index is 1.48. The Labute approximate surface area is 158 Å². The molecule has 0 unspecified atom stereocenters. The highest BCUT2D eigenvalue weighted by Gasteiger charge is 2.36. The number of aliphatic carboxylic acids is 1. The van der Waals surface area contributed by atoms with Crippen LogP contribution in [0.4, 0.5) is 0 Å². The number of benzene rings is 1. The van der Waals surface area contributed by atoms with Gasteiger partial charge in [-0.15, -0.1) is 0 Å². The summed E-state index contributed by atoms with van der Waals surface area (Å²) in [7, 11) is 0. The largest absolute Gasteiger partial charge is 0.480 e. The Bertz CT molecular complexity index is 824. The lowest BCUT2D eigenvalue weighted by atomic mass is 10.0. The average molecular weight is 368 g/mol. The fraction of sp³-hybridized carbons (Fsp3) is 0.450. The van der Waals surface area contributed by atoms with Crippen LogP contribution in [0.1, 0.15) is 46.6 Å². The number of aromatic amines is 1. The van der Waals surface area contributed by atoms with Crippen molar-refractivity contribution in [3.05, 3.63) is 53.1 Å². The van der Waals surface area contributed by atoms with Crippen LogP contribution in [0, 0.1) is 0 Å². The summed E-state index contributed by atoms with van der Waals surface area (Å²) < 4.78 is 0.